The molecule has 3 aromatic rings. The Morgan fingerprint density at radius 2 is 2.17 bits per heavy atom. The van der Waals surface area contributed by atoms with Crippen LogP contribution in [0.2, 0.25) is 5.02 Å². The normalized spacial score (nSPS) is 14.6. The van der Waals surface area contributed by atoms with Crippen molar-refractivity contribution in [2.75, 3.05) is 6.54 Å². The number of nitrogens with one attached hydrogen (secondary N) is 1. The molecule has 122 valence electrons. The average molecular weight is 345 g/mol. The lowest BCUT2D eigenvalue weighted by atomic mass is 9.98. The molecule has 0 aliphatic carbocycles. The van der Waals surface area contributed by atoms with Gasteiger partial charge in [-0.2, -0.15) is 5.21 Å². The van der Waals surface area contributed by atoms with Crippen LogP contribution in [0.1, 0.15) is 16.7 Å². The van der Waals surface area contributed by atoms with E-state index in [0.29, 0.717) is 29.5 Å². The fraction of sp³-hybridized carbons (Fsp3) is 0.250. The van der Waals surface area contributed by atoms with Crippen molar-refractivity contribution in [3.05, 3.63) is 58.1 Å². The van der Waals surface area contributed by atoms with E-state index in [1.54, 1.807) is 18.5 Å². The standard InChI is InChI=1S/C16H14ClFN6/c17-14-1-2-15(18)13-9-24(4-3-12(13)14)8-10-5-11(7-19-6-10)16-20-22-23-21-16/h1-2,5-7H,3-4,8-9H2,(H,20,21,22,23). The highest BCUT2D eigenvalue weighted by Crippen LogP contribution is 2.29. The molecule has 4 rings (SSSR count). The van der Waals surface area contributed by atoms with Gasteiger partial charge in [0.2, 0.25) is 5.82 Å². The summed E-state index contributed by atoms with van der Waals surface area (Å²) in [6.07, 6.45) is 4.23. The number of hydrogen-bond donors (Lipinski definition) is 1. The molecule has 0 radical (unpaired) electrons. The Balaban J connectivity index is 1.55. The van der Waals surface area contributed by atoms with Crippen molar-refractivity contribution in [1.82, 2.24) is 30.5 Å². The van der Waals surface area contributed by atoms with E-state index < -0.39 is 0 Å². The van der Waals surface area contributed by atoms with Gasteiger partial charge in [0, 0.05) is 48.2 Å². The molecule has 0 spiro atoms. The fourth-order valence-electron chi connectivity index (χ4n) is 3.02. The van der Waals surface area contributed by atoms with Crippen molar-refractivity contribution >= 4 is 11.6 Å². The van der Waals surface area contributed by atoms with E-state index in [1.807, 2.05) is 6.07 Å². The second-order valence-corrected chi connectivity index (χ2v) is 6.17. The van der Waals surface area contributed by atoms with Gasteiger partial charge in [0.25, 0.3) is 0 Å². The Bertz CT molecular complexity index is 867. The minimum atomic E-state index is -0.197. The second-order valence-electron chi connectivity index (χ2n) is 5.76. The number of hydrogen-bond acceptors (Lipinski definition) is 5. The SMILES string of the molecule is Fc1ccc(Cl)c2c1CN(Cc1cncc(-c3nn[nH]n3)c1)CC2. The number of aromatic nitrogens is 5. The Labute approximate surface area is 142 Å². The monoisotopic (exact) mass is 344 g/mol. The molecule has 8 heteroatoms. The number of benzene rings is 1. The van der Waals surface area contributed by atoms with Gasteiger partial charge in [-0.25, -0.2) is 4.39 Å². The smallest absolute Gasteiger partial charge is 0.206 e. The van der Waals surface area contributed by atoms with Crippen LogP contribution >= 0.6 is 11.6 Å². The molecule has 0 bridgehead atoms. The molecular weight excluding hydrogens is 331 g/mol. The Morgan fingerprint density at radius 3 is 3.00 bits per heavy atom. The lowest BCUT2D eigenvalue weighted by Crippen LogP contribution is -2.31. The van der Waals surface area contributed by atoms with Crippen LogP contribution in [-0.4, -0.2) is 37.1 Å². The van der Waals surface area contributed by atoms with Gasteiger partial charge in [-0.05, 0) is 41.0 Å². The van der Waals surface area contributed by atoms with Crippen molar-refractivity contribution < 1.29 is 4.39 Å². The number of tetrazole rings is 1. The number of fused-ring (bicyclic) bond motifs is 1. The molecule has 6 nitrogen and oxygen atoms in total. The first-order valence-corrected chi connectivity index (χ1v) is 7.94. The van der Waals surface area contributed by atoms with Crippen LogP contribution in [0.5, 0.6) is 0 Å². The zero-order valence-corrected chi connectivity index (χ0v) is 13.5. The molecule has 1 aliphatic heterocycles. The summed E-state index contributed by atoms with van der Waals surface area (Å²) in [6, 6.07) is 5.04. The first-order valence-electron chi connectivity index (χ1n) is 7.56. The highest BCUT2D eigenvalue weighted by molar-refractivity contribution is 6.31. The Kier molecular flexibility index (Phi) is 3.95. The third kappa shape index (κ3) is 2.88. The van der Waals surface area contributed by atoms with Gasteiger partial charge in [-0.15, -0.1) is 10.2 Å². The van der Waals surface area contributed by atoms with Crippen molar-refractivity contribution in [2.24, 2.45) is 0 Å². The quantitative estimate of drug-likeness (QED) is 0.791. The van der Waals surface area contributed by atoms with Gasteiger partial charge in [-0.1, -0.05) is 11.6 Å². The number of rotatable bonds is 3. The van der Waals surface area contributed by atoms with Crippen molar-refractivity contribution in [2.45, 2.75) is 19.5 Å². The molecule has 0 unspecified atom stereocenters. The summed E-state index contributed by atoms with van der Waals surface area (Å²) in [6.45, 7) is 2.03. The van der Waals surface area contributed by atoms with Crippen molar-refractivity contribution in [3.8, 4) is 11.4 Å². The zero-order chi connectivity index (χ0) is 16.5. The van der Waals surface area contributed by atoms with E-state index >= 15 is 0 Å². The van der Waals surface area contributed by atoms with Crippen LogP contribution < -0.4 is 0 Å². The molecule has 0 atom stereocenters. The number of nitrogens with zero attached hydrogens (tertiary/aromatic N) is 5. The summed E-state index contributed by atoms with van der Waals surface area (Å²) in [5, 5.41) is 14.6. The molecule has 0 saturated heterocycles. The number of pyridine rings is 1. The molecule has 1 N–H and O–H groups in total. The molecule has 3 heterocycles. The van der Waals surface area contributed by atoms with Gasteiger partial charge < -0.3 is 0 Å². The van der Waals surface area contributed by atoms with Crippen LogP contribution in [-0.2, 0) is 19.5 Å². The largest absolute Gasteiger partial charge is 0.294 e. The maximum absolute atomic E-state index is 14.1. The second kappa shape index (κ2) is 6.26. The molecular formula is C16H14ClFN6. The Hall–Kier alpha value is -2.38. The predicted octanol–water partition coefficient (Wildman–Crippen LogP) is 2.61. The summed E-state index contributed by atoms with van der Waals surface area (Å²) < 4.78 is 14.1. The lowest BCUT2D eigenvalue weighted by Gasteiger charge is -2.29. The van der Waals surface area contributed by atoms with Gasteiger partial charge >= 0.3 is 0 Å². The van der Waals surface area contributed by atoms with Gasteiger partial charge in [0.1, 0.15) is 5.82 Å². The highest BCUT2D eigenvalue weighted by Gasteiger charge is 2.21. The number of H-pyrrole nitrogens is 1. The average Bonchev–Trinajstić information content (AvgIpc) is 3.13. The third-order valence-corrected chi connectivity index (χ3v) is 4.54. The summed E-state index contributed by atoms with van der Waals surface area (Å²) in [5.74, 6) is 0.309. The van der Waals surface area contributed by atoms with E-state index in [1.165, 1.54) is 6.07 Å². The van der Waals surface area contributed by atoms with E-state index in [4.69, 9.17) is 11.6 Å². The third-order valence-electron chi connectivity index (χ3n) is 4.18. The maximum Gasteiger partial charge on any atom is 0.206 e. The van der Waals surface area contributed by atoms with E-state index in [-0.39, 0.29) is 5.82 Å². The summed E-state index contributed by atoms with van der Waals surface area (Å²) in [4.78, 5) is 6.42. The number of halogens is 2. The van der Waals surface area contributed by atoms with Crippen LogP contribution in [0, 0.1) is 5.82 Å². The predicted molar refractivity (Wildman–Crippen MR) is 86.6 cm³/mol. The summed E-state index contributed by atoms with van der Waals surface area (Å²) >= 11 is 6.18. The van der Waals surface area contributed by atoms with Gasteiger partial charge in [0.05, 0.1) is 0 Å². The molecule has 0 fully saturated rings. The van der Waals surface area contributed by atoms with E-state index in [0.717, 1.165) is 29.7 Å². The van der Waals surface area contributed by atoms with E-state index in [2.05, 4.69) is 30.5 Å². The molecule has 1 aromatic carbocycles. The minimum absolute atomic E-state index is 0.197. The summed E-state index contributed by atoms with van der Waals surface area (Å²) in [7, 11) is 0. The Morgan fingerprint density at radius 1 is 1.25 bits per heavy atom. The minimum Gasteiger partial charge on any atom is -0.294 e. The zero-order valence-electron chi connectivity index (χ0n) is 12.7. The van der Waals surface area contributed by atoms with Crippen molar-refractivity contribution in [3.63, 3.8) is 0 Å². The van der Waals surface area contributed by atoms with Crippen LogP contribution in [0.25, 0.3) is 11.4 Å². The molecule has 24 heavy (non-hydrogen) atoms. The fourth-order valence-corrected chi connectivity index (χ4v) is 3.29. The van der Waals surface area contributed by atoms with Crippen LogP contribution in [0.3, 0.4) is 0 Å². The molecule has 1 aliphatic rings. The molecule has 0 amide bonds. The molecule has 2 aromatic heterocycles. The van der Waals surface area contributed by atoms with Crippen molar-refractivity contribution in [1.29, 1.82) is 0 Å². The molecule has 0 saturated carbocycles. The van der Waals surface area contributed by atoms with Crippen LogP contribution in [0.15, 0.2) is 30.6 Å². The first kappa shape index (κ1) is 15.2. The van der Waals surface area contributed by atoms with Gasteiger partial charge in [-0.3, -0.25) is 9.88 Å². The van der Waals surface area contributed by atoms with Crippen LogP contribution in [0.4, 0.5) is 4.39 Å². The maximum atomic E-state index is 14.1. The highest BCUT2D eigenvalue weighted by atomic mass is 35.5. The lowest BCUT2D eigenvalue weighted by molar-refractivity contribution is 0.240. The van der Waals surface area contributed by atoms with E-state index in [9.17, 15) is 4.39 Å². The first-order chi connectivity index (χ1) is 11.7. The summed E-state index contributed by atoms with van der Waals surface area (Å²) in [5.41, 5.74) is 3.43. The number of aromatic amines is 1. The topological polar surface area (TPSA) is 70.6 Å². The van der Waals surface area contributed by atoms with Gasteiger partial charge in [0.15, 0.2) is 0 Å².